The summed E-state index contributed by atoms with van der Waals surface area (Å²) in [4.78, 5) is 0. The Balaban J connectivity index is 1.58. The van der Waals surface area contributed by atoms with Crippen LogP contribution < -0.4 is 0 Å². The van der Waals surface area contributed by atoms with E-state index in [2.05, 4.69) is 28.4 Å². The Kier molecular flexibility index (Phi) is 4.22. The SMILES string of the molecule is FC(F)(F)c1cccc2c3c(ccc12)C1=C(CCC=C1)C(c1cc2ccccc2nn1)C3. The van der Waals surface area contributed by atoms with Gasteiger partial charge in [-0.3, -0.25) is 0 Å². The lowest BCUT2D eigenvalue weighted by molar-refractivity contribution is -0.136. The molecule has 0 radical (unpaired) electrons. The minimum atomic E-state index is -4.39. The monoisotopic (exact) mass is 428 g/mol. The lowest BCUT2D eigenvalue weighted by atomic mass is 9.72. The van der Waals surface area contributed by atoms with Gasteiger partial charge in [-0.05, 0) is 64.9 Å². The maximum Gasteiger partial charge on any atom is 0.417 e. The van der Waals surface area contributed by atoms with Gasteiger partial charge in [-0.15, -0.1) is 0 Å². The second-order valence-electron chi connectivity index (χ2n) is 8.45. The molecule has 0 aliphatic heterocycles. The number of alkyl halides is 3. The number of hydrogen-bond donors (Lipinski definition) is 0. The van der Waals surface area contributed by atoms with E-state index in [1.54, 1.807) is 6.07 Å². The number of nitrogens with zero attached hydrogens (tertiary/aromatic N) is 2. The van der Waals surface area contributed by atoms with Gasteiger partial charge in [0.25, 0.3) is 0 Å². The van der Waals surface area contributed by atoms with Crippen LogP contribution >= 0.6 is 0 Å². The first-order chi connectivity index (χ1) is 15.5. The average Bonchev–Trinajstić information content (AvgIpc) is 2.82. The van der Waals surface area contributed by atoms with Crippen molar-refractivity contribution in [1.29, 1.82) is 0 Å². The molecule has 4 aromatic rings. The Morgan fingerprint density at radius 3 is 2.62 bits per heavy atom. The van der Waals surface area contributed by atoms with Crippen LogP contribution in [0.25, 0.3) is 27.2 Å². The molecule has 1 atom stereocenters. The molecule has 1 heterocycles. The van der Waals surface area contributed by atoms with Crippen LogP contribution in [0.15, 0.2) is 78.4 Å². The van der Waals surface area contributed by atoms with E-state index in [-0.39, 0.29) is 11.3 Å². The molecule has 158 valence electrons. The Labute approximate surface area is 183 Å². The standard InChI is InChI=1S/C27H19F3N2/c28-27(29,30)24-10-5-9-19-21(24)13-12-20-17-7-2-3-8-18(17)23(15-22(19)20)26-14-16-6-1-4-11-25(16)31-32-26/h1-2,4-7,9-14,23H,3,8,15H2. The quantitative estimate of drug-likeness (QED) is 0.319. The van der Waals surface area contributed by atoms with E-state index >= 15 is 0 Å². The van der Waals surface area contributed by atoms with Crippen molar-refractivity contribution in [2.75, 3.05) is 0 Å². The number of benzene rings is 3. The molecule has 3 aromatic carbocycles. The van der Waals surface area contributed by atoms with Crippen LogP contribution in [0.2, 0.25) is 0 Å². The van der Waals surface area contributed by atoms with Gasteiger partial charge in [0.15, 0.2) is 0 Å². The van der Waals surface area contributed by atoms with E-state index in [9.17, 15) is 13.2 Å². The van der Waals surface area contributed by atoms with E-state index in [0.29, 0.717) is 11.8 Å². The first-order valence-electron chi connectivity index (χ1n) is 10.7. The Hall–Kier alpha value is -3.47. The van der Waals surface area contributed by atoms with Crippen molar-refractivity contribution >= 4 is 27.2 Å². The molecule has 0 fully saturated rings. The van der Waals surface area contributed by atoms with Crippen molar-refractivity contribution in [3.8, 4) is 0 Å². The fourth-order valence-electron chi connectivity index (χ4n) is 5.23. The Morgan fingerprint density at radius 2 is 1.75 bits per heavy atom. The van der Waals surface area contributed by atoms with Gasteiger partial charge in [-0.2, -0.15) is 23.4 Å². The third kappa shape index (κ3) is 2.95. The summed E-state index contributed by atoms with van der Waals surface area (Å²) in [5, 5.41) is 10.9. The molecule has 0 spiro atoms. The summed E-state index contributed by atoms with van der Waals surface area (Å²) in [6, 6.07) is 17.9. The van der Waals surface area contributed by atoms with Gasteiger partial charge in [0.1, 0.15) is 0 Å². The first kappa shape index (κ1) is 19.2. The number of aromatic nitrogens is 2. The third-order valence-electron chi connectivity index (χ3n) is 6.68. The summed E-state index contributed by atoms with van der Waals surface area (Å²) in [5.74, 6) is -0.000279. The predicted molar refractivity (Wildman–Crippen MR) is 120 cm³/mol. The van der Waals surface area contributed by atoms with Crippen LogP contribution in [0.4, 0.5) is 13.2 Å². The maximum absolute atomic E-state index is 13.7. The number of allylic oxidation sites excluding steroid dienone is 4. The summed E-state index contributed by atoms with van der Waals surface area (Å²) in [5.41, 5.74) is 5.55. The highest BCUT2D eigenvalue weighted by molar-refractivity contribution is 5.96. The topological polar surface area (TPSA) is 25.8 Å². The first-order valence-corrected chi connectivity index (χ1v) is 10.7. The van der Waals surface area contributed by atoms with E-state index in [1.165, 1.54) is 11.6 Å². The third-order valence-corrected chi connectivity index (χ3v) is 6.68. The summed E-state index contributed by atoms with van der Waals surface area (Å²) in [7, 11) is 0. The summed E-state index contributed by atoms with van der Waals surface area (Å²) >= 11 is 0. The fourth-order valence-corrected chi connectivity index (χ4v) is 5.23. The van der Waals surface area contributed by atoms with Crippen molar-refractivity contribution in [1.82, 2.24) is 10.2 Å². The number of rotatable bonds is 1. The van der Waals surface area contributed by atoms with Gasteiger partial charge in [0.2, 0.25) is 0 Å². The average molecular weight is 428 g/mol. The normalized spacial score (nSPS) is 18.2. The van der Waals surface area contributed by atoms with Crippen LogP contribution in [0.1, 0.15) is 41.1 Å². The number of halogens is 3. The number of fused-ring (bicyclic) bond motifs is 5. The van der Waals surface area contributed by atoms with Crippen molar-refractivity contribution in [3.63, 3.8) is 0 Å². The molecule has 2 nitrogen and oxygen atoms in total. The van der Waals surface area contributed by atoms with Gasteiger partial charge in [-0.1, -0.05) is 60.2 Å². The minimum absolute atomic E-state index is 0.000279. The molecule has 0 saturated heterocycles. The molecular weight excluding hydrogens is 409 g/mol. The zero-order valence-corrected chi connectivity index (χ0v) is 17.2. The maximum atomic E-state index is 13.7. The Bertz CT molecular complexity index is 1450. The van der Waals surface area contributed by atoms with Gasteiger partial charge in [-0.25, -0.2) is 0 Å². The molecule has 6 rings (SSSR count). The van der Waals surface area contributed by atoms with Gasteiger partial charge in [0.05, 0.1) is 16.8 Å². The molecule has 5 heteroatoms. The van der Waals surface area contributed by atoms with E-state index in [1.807, 2.05) is 36.4 Å². The molecule has 0 bridgehead atoms. The van der Waals surface area contributed by atoms with Gasteiger partial charge < -0.3 is 0 Å². The van der Waals surface area contributed by atoms with Crippen molar-refractivity contribution < 1.29 is 13.2 Å². The smallest absolute Gasteiger partial charge is 0.166 e. The van der Waals surface area contributed by atoms with Crippen LogP contribution in [0.3, 0.4) is 0 Å². The van der Waals surface area contributed by atoms with Crippen molar-refractivity contribution in [3.05, 3.63) is 101 Å². The van der Waals surface area contributed by atoms with E-state index in [0.717, 1.165) is 52.2 Å². The molecule has 0 N–H and O–H groups in total. The molecule has 1 unspecified atom stereocenters. The second-order valence-corrected chi connectivity index (χ2v) is 8.45. The lowest BCUT2D eigenvalue weighted by Gasteiger charge is -2.32. The minimum Gasteiger partial charge on any atom is -0.166 e. The van der Waals surface area contributed by atoms with Gasteiger partial charge in [0, 0.05) is 11.3 Å². The highest BCUT2D eigenvalue weighted by atomic mass is 19.4. The molecule has 2 aliphatic rings. The van der Waals surface area contributed by atoms with E-state index in [4.69, 9.17) is 0 Å². The van der Waals surface area contributed by atoms with Crippen LogP contribution in [0.5, 0.6) is 0 Å². The zero-order chi connectivity index (χ0) is 21.9. The summed E-state index contributed by atoms with van der Waals surface area (Å²) in [6.45, 7) is 0. The van der Waals surface area contributed by atoms with Crippen molar-refractivity contribution in [2.24, 2.45) is 0 Å². The Morgan fingerprint density at radius 1 is 0.875 bits per heavy atom. The molecular formula is C27H19F3N2. The summed E-state index contributed by atoms with van der Waals surface area (Å²) < 4.78 is 41.0. The molecule has 32 heavy (non-hydrogen) atoms. The summed E-state index contributed by atoms with van der Waals surface area (Å²) in [6.07, 6.45) is 2.38. The zero-order valence-electron chi connectivity index (χ0n) is 17.2. The largest absolute Gasteiger partial charge is 0.417 e. The number of hydrogen-bond acceptors (Lipinski definition) is 2. The fraction of sp³-hybridized carbons (Fsp3) is 0.185. The highest BCUT2D eigenvalue weighted by Gasteiger charge is 2.35. The second kappa shape index (κ2) is 7.02. The van der Waals surface area contributed by atoms with Crippen LogP contribution in [-0.2, 0) is 12.6 Å². The van der Waals surface area contributed by atoms with E-state index < -0.39 is 11.7 Å². The molecule has 0 amide bonds. The highest BCUT2D eigenvalue weighted by Crippen LogP contribution is 2.47. The van der Waals surface area contributed by atoms with Crippen LogP contribution in [-0.4, -0.2) is 10.2 Å². The van der Waals surface area contributed by atoms with Gasteiger partial charge >= 0.3 is 6.18 Å². The molecule has 2 aliphatic carbocycles. The van der Waals surface area contributed by atoms with Crippen molar-refractivity contribution in [2.45, 2.75) is 31.4 Å². The van der Waals surface area contributed by atoms with Crippen LogP contribution in [0, 0.1) is 0 Å². The molecule has 1 aromatic heterocycles. The lowest BCUT2D eigenvalue weighted by Crippen LogP contribution is -2.18. The molecule has 0 saturated carbocycles. The predicted octanol–water partition coefficient (Wildman–Crippen LogP) is 7.25.